The highest BCUT2D eigenvalue weighted by Gasteiger charge is 2.37. The molecule has 0 bridgehead atoms. The van der Waals surface area contributed by atoms with Gasteiger partial charge in [-0.3, -0.25) is 0 Å². The Morgan fingerprint density at radius 1 is 1.00 bits per heavy atom. The molecular formula is C18H30O3Si. The topological polar surface area (TPSA) is 27.7 Å². The van der Waals surface area contributed by atoms with Crippen molar-refractivity contribution in [2.45, 2.75) is 38.7 Å². The van der Waals surface area contributed by atoms with Gasteiger partial charge in [0.05, 0.1) is 6.61 Å². The van der Waals surface area contributed by atoms with E-state index in [-0.39, 0.29) is 0 Å². The van der Waals surface area contributed by atoms with E-state index in [0.717, 1.165) is 31.1 Å². The van der Waals surface area contributed by atoms with Crippen molar-refractivity contribution in [1.29, 1.82) is 0 Å². The number of unbranched alkanes of at least 4 members (excludes halogenated alkanes) is 3. The van der Waals surface area contributed by atoms with Gasteiger partial charge in [0, 0.05) is 20.8 Å². The maximum Gasteiger partial charge on any atom is 0.371 e. The summed E-state index contributed by atoms with van der Waals surface area (Å²) < 4.78 is 17.2. The van der Waals surface area contributed by atoms with Gasteiger partial charge in [-0.1, -0.05) is 61.7 Å². The summed E-state index contributed by atoms with van der Waals surface area (Å²) in [5.74, 6) is 0. The molecule has 0 amide bonds. The SMILES string of the molecule is C=C(C)COCCCCCC[Si](OC)(OC)c1ccccc1. The third-order valence-corrected chi connectivity index (χ3v) is 7.31. The molecule has 0 atom stereocenters. The van der Waals surface area contributed by atoms with Crippen LogP contribution in [0, 0.1) is 0 Å². The molecule has 0 fully saturated rings. The largest absolute Gasteiger partial charge is 0.394 e. The second kappa shape index (κ2) is 10.7. The van der Waals surface area contributed by atoms with Crippen molar-refractivity contribution in [2.24, 2.45) is 0 Å². The average molecular weight is 323 g/mol. The van der Waals surface area contributed by atoms with Crippen molar-refractivity contribution < 1.29 is 13.6 Å². The molecule has 0 N–H and O–H groups in total. The quantitative estimate of drug-likeness (QED) is 0.333. The van der Waals surface area contributed by atoms with Crippen LogP contribution in [0.4, 0.5) is 0 Å². The average Bonchev–Trinajstić information content (AvgIpc) is 2.54. The summed E-state index contributed by atoms with van der Waals surface area (Å²) in [4.78, 5) is 0. The molecule has 0 aromatic heterocycles. The first-order chi connectivity index (χ1) is 10.6. The highest BCUT2D eigenvalue weighted by atomic mass is 28.4. The van der Waals surface area contributed by atoms with E-state index in [1.54, 1.807) is 14.2 Å². The van der Waals surface area contributed by atoms with Gasteiger partial charge in [0.2, 0.25) is 0 Å². The van der Waals surface area contributed by atoms with E-state index in [1.807, 2.05) is 25.1 Å². The van der Waals surface area contributed by atoms with E-state index in [2.05, 4.69) is 18.7 Å². The number of hydrogen-bond donors (Lipinski definition) is 0. The number of rotatable bonds is 12. The molecule has 124 valence electrons. The smallest absolute Gasteiger partial charge is 0.371 e. The van der Waals surface area contributed by atoms with Crippen LogP contribution in [0.3, 0.4) is 0 Å². The summed E-state index contributed by atoms with van der Waals surface area (Å²) in [6, 6.07) is 11.4. The van der Waals surface area contributed by atoms with Crippen molar-refractivity contribution in [3.05, 3.63) is 42.5 Å². The first-order valence-electron chi connectivity index (χ1n) is 8.02. The third kappa shape index (κ3) is 6.44. The van der Waals surface area contributed by atoms with Crippen LogP contribution in [-0.2, 0) is 13.6 Å². The Morgan fingerprint density at radius 3 is 2.23 bits per heavy atom. The molecule has 0 spiro atoms. The molecule has 0 aliphatic carbocycles. The first-order valence-corrected chi connectivity index (χ1v) is 10.0. The molecule has 0 radical (unpaired) electrons. The van der Waals surface area contributed by atoms with E-state index < -0.39 is 8.56 Å². The lowest BCUT2D eigenvalue weighted by Crippen LogP contribution is -2.52. The minimum atomic E-state index is -2.25. The van der Waals surface area contributed by atoms with Gasteiger partial charge in [-0.2, -0.15) is 0 Å². The fourth-order valence-electron chi connectivity index (χ4n) is 2.52. The Kier molecular flexibility index (Phi) is 9.32. The molecular weight excluding hydrogens is 292 g/mol. The zero-order valence-electron chi connectivity index (χ0n) is 14.3. The molecule has 0 saturated carbocycles. The molecule has 1 aromatic rings. The van der Waals surface area contributed by atoms with Gasteiger partial charge in [0.1, 0.15) is 0 Å². The monoisotopic (exact) mass is 322 g/mol. The van der Waals surface area contributed by atoms with Crippen molar-refractivity contribution in [1.82, 2.24) is 0 Å². The van der Waals surface area contributed by atoms with E-state index in [0.29, 0.717) is 6.61 Å². The zero-order chi connectivity index (χ0) is 16.3. The van der Waals surface area contributed by atoms with Crippen LogP contribution < -0.4 is 5.19 Å². The normalized spacial score (nSPS) is 11.6. The second-order valence-corrected chi connectivity index (χ2v) is 9.10. The van der Waals surface area contributed by atoms with Crippen molar-refractivity contribution in [3.63, 3.8) is 0 Å². The van der Waals surface area contributed by atoms with Crippen LogP contribution in [-0.4, -0.2) is 36.0 Å². The maximum absolute atomic E-state index is 5.83. The maximum atomic E-state index is 5.83. The summed E-state index contributed by atoms with van der Waals surface area (Å²) in [5.41, 5.74) is 1.08. The van der Waals surface area contributed by atoms with Crippen molar-refractivity contribution in [2.75, 3.05) is 27.4 Å². The number of ether oxygens (including phenoxy) is 1. The molecule has 1 aromatic carbocycles. The second-order valence-electron chi connectivity index (χ2n) is 5.70. The molecule has 0 saturated heterocycles. The van der Waals surface area contributed by atoms with Gasteiger partial charge in [-0.15, -0.1) is 0 Å². The van der Waals surface area contributed by atoms with Crippen LogP contribution in [0.2, 0.25) is 6.04 Å². The predicted octanol–water partition coefficient (Wildman–Crippen LogP) is 3.78. The molecule has 0 aliphatic rings. The van der Waals surface area contributed by atoms with E-state index in [9.17, 15) is 0 Å². The minimum absolute atomic E-state index is 0.678. The summed E-state index contributed by atoms with van der Waals surface area (Å²) in [6.45, 7) is 7.32. The first kappa shape index (κ1) is 19.1. The van der Waals surface area contributed by atoms with Gasteiger partial charge in [0.15, 0.2) is 0 Å². The zero-order valence-corrected chi connectivity index (χ0v) is 15.3. The van der Waals surface area contributed by atoms with Gasteiger partial charge < -0.3 is 13.6 Å². The lowest BCUT2D eigenvalue weighted by Gasteiger charge is -2.27. The highest BCUT2D eigenvalue weighted by Crippen LogP contribution is 2.17. The Bertz CT molecular complexity index is 416. The van der Waals surface area contributed by atoms with Crippen molar-refractivity contribution >= 4 is 13.7 Å². The summed E-state index contributed by atoms with van der Waals surface area (Å²) >= 11 is 0. The predicted molar refractivity (Wildman–Crippen MR) is 94.8 cm³/mol. The third-order valence-electron chi connectivity index (χ3n) is 3.77. The fraction of sp³-hybridized carbons (Fsp3) is 0.556. The Labute approximate surface area is 136 Å². The Balaban J connectivity index is 2.30. The molecule has 1 rings (SSSR count). The standard InChI is InChI=1S/C18H30O3Si/c1-17(2)16-21-14-10-5-6-11-15-22(19-3,20-4)18-12-8-7-9-13-18/h7-9,12-13H,1,5-6,10-11,14-16H2,2-4H3. The van der Waals surface area contributed by atoms with Crippen LogP contribution in [0.1, 0.15) is 32.6 Å². The Morgan fingerprint density at radius 2 is 1.64 bits per heavy atom. The summed E-state index contributed by atoms with van der Waals surface area (Å²) in [5, 5.41) is 1.21. The molecule has 0 aliphatic heterocycles. The van der Waals surface area contributed by atoms with E-state index in [1.165, 1.54) is 18.0 Å². The molecule has 0 heterocycles. The van der Waals surface area contributed by atoms with Gasteiger partial charge >= 0.3 is 8.56 Å². The molecule has 3 nitrogen and oxygen atoms in total. The fourth-order valence-corrected chi connectivity index (χ4v) is 5.27. The van der Waals surface area contributed by atoms with Crippen LogP contribution in [0.25, 0.3) is 0 Å². The van der Waals surface area contributed by atoms with E-state index >= 15 is 0 Å². The Hall–Kier alpha value is -0.943. The van der Waals surface area contributed by atoms with E-state index in [4.69, 9.17) is 13.6 Å². The summed E-state index contributed by atoms with van der Waals surface area (Å²) in [7, 11) is 1.29. The van der Waals surface area contributed by atoms with Gasteiger partial charge in [-0.25, -0.2) is 0 Å². The van der Waals surface area contributed by atoms with Crippen LogP contribution >= 0.6 is 0 Å². The van der Waals surface area contributed by atoms with Gasteiger partial charge in [-0.05, 0) is 24.6 Å². The lowest BCUT2D eigenvalue weighted by atomic mass is 10.2. The molecule has 0 unspecified atom stereocenters. The van der Waals surface area contributed by atoms with Crippen molar-refractivity contribution in [3.8, 4) is 0 Å². The molecule has 22 heavy (non-hydrogen) atoms. The highest BCUT2D eigenvalue weighted by molar-refractivity contribution is 6.81. The lowest BCUT2D eigenvalue weighted by molar-refractivity contribution is 0.151. The van der Waals surface area contributed by atoms with Gasteiger partial charge in [0.25, 0.3) is 0 Å². The minimum Gasteiger partial charge on any atom is -0.394 e. The number of hydrogen-bond acceptors (Lipinski definition) is 3. The molecule has 4 heteroatoms. The van der Waals surface area contributed by atoms with Crippen LogP contribution in [0.5, 0.6) is 0 Å². The summed E-state index contributed by atoms with van der Waals surface area (Å²) in [6.07, 6.45) is 4.60. The van der Waals surface area contributed by atoms with Crippen LogP contribution in [0.15, 0.2) is 42.5 Å². The number of benzene rings is 1.